The molecule has 3 rings (SSSR count). The number of hydrogen-bond donors (Lipinski definition) is 1. The zero-order valence-electron chi connectivity index (χ0n) is 11.1. The number of aromatic nitrogens is 1. The van der Waals surface area contributed by atoms with Crippen LogP contribution in [0.15, 0.2) is 27.5 Å². The number of thioether (sulfide) groups is 1. The van der Waals surface area contributed by atoms with Crippen LogP contribution in [0.2, 0.25) is 0 Å². The van der Waals surface area contributed by atoms with Crippen molar-refractivity contribution in [2.75, 3.05) is 24.3 Å². The average molecular weight is 312 g/mol. The van der Waals surface area contributed by atoms with E-state index < -0.39 is 9.84 Å². The van der Waals surface area contributed by atoms with Gasteiger partial charge in [0.1, 0.15) is 5.52 Å². The summed E-state index contributed by atoms with van der Waals surface area (Å²) >= 11 is 1.92. The topological polar surface area (TPSA) is 72.2 Å². The van der Waals surface area contributed by atoms with Gasteiger partial charge in [0, 0.05) is 36.8 Å². The third kappa shape index (κ3) is 2.99. The van der Waals surface area contributed by atoms with Crippen LogP contribution in [0, 0.1) is 0 Å². The minimum Gasteiger partial charge on any atom is -0.441 e. The molecule has 1 atom stereocenters. The molecule has 1 aliphatic rings. The Morgan fingerprint density at radius 3 is 3.05 bits per heavy atom. The molecule has 108 valence electrons. The van der Waals surface area contributed by atoms with Crippen LogP contribution in [0.3, 0.4) is 0 Å². The number of benzene rings is 1. The van der Waals surface area contributed by atoms with Gasteiger partial charge in [-0.2, -0.15) is 11.8 Å². The van der Waals surface area contributed by atoms with Crippen molar-refractivity contribution in [3.63, 3.8) is 0 Å². The van der Waals surface area contributed by atoms with E-state index in [4.69, 9.17) is 4.42 Å². The predicted molar refractivity (Wildman–Crippen MR) is 79.9 cm³/mol. The minimum absolute atomic E-state index is 0.274. The van der Waals surface area contributed by atoms with Gasteiger partial charge in [-0.05, 0) is 18.2 Å². The summed E-state index contributed by atoms with van der Waals surface area (Å²) in [6, 6.07) is 5.17. The highest BCUT2D eigenvalue weighted by atomic mass is 32.2. The second kappa shape index (κ2) is 5.38. The highest BCUT2D eigenvalue weighted by Gasteiger charge is 2.17. The Bertz CT molecular complexity index is 718. The lowest BCUT2D eigenvalue weighted by Gasteiger charge is -2.21. The first kappa shape index (κ1) is 13.9. The van der Waals surface area contributed by atoms with Crippen LogP contribution in [0.5, 0.6) is 0 Å². The number of oxazole rings is 1. The van der Waals surface area contributed by atoms with Crippen LogP contribution >= 0.6 is 11.8 Å². The molecule has 0 saturated carbocycles. The fourth-order valence-corrected chi connectivity index (χ4v) is 3.82. The van der Waals surface area contributed by atoms with Crippen LogP contribution in [0.4, 0.5) is 0 Å². The molecule has 5 nitrogen and oxygen atoms in total. The number of fused-ring (bicyclic) bond motifs is 1. The van der Waals surface area contributed by atoms with Crippen LogP contribution in [-0.2, 0) is 16.3 Å². The molecule has 0 bridgehead atoms. The molecule has 1 aromatic carbocycles. The Kier molecular flexibility index (Phi) is 3.74. The van der Waals surface area contributed by atoms with Crippen LogP contribution in [0.1, 0.15) is 5.89 Å². The van der Waals surface area contributed by atoms with Gasteiger partial charge in [-0.1, -0.05) is 0 Å². The van der Waals surface area contributed by atoms with Crippen molar-refractivity contribution >= 4 is 32.7 Å². The number of rotatable bonds is 3. The maximum Gasteiger partial charge on any atom is 0.197 e. The highest BCUT2D eigenvalue weighted by molar-refractivity contribution is 7.99. The monoisotopic (exact) mass is 312 g/mol. The summed E-state index contributed by atoms with van der Waals surface area (Å²) in [6.45, 7) is 1.01. The lowest BCUT2D eigenvalue weighted by Crippen LogP contribution is -2.38. The Hall–Kier alpha value is -1.05. The maximum atomic E-state index is 11.5. The van der Waals surface area contributed by atoms with E-state index in [0.29, 0.717) is 23.0 Å². The fourth-order valence-electron chi connectivity index (χ4n) is 2.23. The molecule has 2 aromatic rings. The quantitative estimate of drug-likeness (QED) is 0.925. The lowest BCUT2D eigenvalue weighted by molar-refractivity contribution is 0.469. The van der Waals surface area contributed by atoms with Crippen molar-refractivity contribution in [1.82, 2.24) is 10.3 Å². The third-order valence-corrected chi connectivity index (χ3v) is 5.49. The van der Waals surface area contributed by atoms with Gasteiger partial charge in [0.05, 0.1) is 4.90 Å². The van der Waals surface area contributed by atoms with Crippen molar-refractivity contribution < 1.29 is 12.8 Å². The van der Waals surface area contributed by atoms with Crippen LogP contribution in [-0.4, -0.2) is 43.7 Å². The minimum atomic E-state index is -3.21. The first-order valence-corrected chi connectivity index (χ1v) is 9.47. The van der Waals surface area contributed by atoms with E-state index in [9.17, 15) is 8.42 Å². The first-order chi connectivity index (χ1) is 9.52. The van der Waals surface area contributed by atoms with E-state index in [2.05, 4.69) is 10.3 Å². The van der Waals surface area contributed by atoms with E-state index in [-0.39, 0.29) is 4.90 Å². The zero-order valence-corrected chi connectivity index (χ0v) is 12.8. The molecule has 0 amide bonds. The van der Waals surface area contributed by atoms with Crippen molar-refractivity contribution in [1.29, 1.82) is 0 Å². The molecule has 20 heavy (non-hydrogen) atoms. The van der Waals surface area contributed by atoms with E-state index in [1.807, 2.05) is 11.8 Å². The third-order valence-electron chi connectivity index (χ3n) is 3.25. The molecule has 1 aromatic heterocycles. The SMILES string of the molecule is CS(=O)(=O)c1ccc2oc(CC3CSCCN3)nc2c1. The normalized spacial score (nSPS) is 20.4. The van der Waals surface area contributed by atoms with Gasteiger partial charge in [-0.25, -0.2) is 13.4 Å². The van der Waals surface area contributed by atoms with Crippen molar-refractivity contribution in [2.24, 2.45) is 0 Å². The summed E-state index contributed by atoms with van der Waals surface area (Å²) in [5.74, 6) is 2.85. The lowest BCUT2D eigenvalue weighted by atomic mass is 10.2. The predicted octanol–water partition coefficient (Wildman–Crippen LogP) is 1.48. The van der Waals surface area contributed by atoms with Gasteiger partial charge in [-0.3, -0.25) is 0 Å². The average Bonchev–Trinajstić information content (AvgIpc) is 2.80. The summed E-state index contributed by atoms with van der Waals surface area (Å²) < 4.78 is 28.7. The molecule has 1 aliphatic heterocycles. The molecule has 7 heteroatoms. The Morgan fingerprint density at radius 1 is 1.50 bits per heavy atom. The van der Waals surface area contributed by atoms with Gasteiger partial charge in [0.25, 0.3) is 0 Å². The molecule has 1 unspecified atom stereocenters. The summed E-state index contributed by atoms with van der Waals surface area (Å²) in [7, 11) is -3.21. The molecule has 1 N–H and O–H groups in total. The van der Waals surface area contributed by atoms with Gasteiger partial charge < -0.3 is 9.73 Å². The summed E-state index contributed by atoms with van der Waals surface area (Å²) in [6.07, 6.45) is 1.92. The number of nitrogens with one attached hydrogen (secondary N) is 1. The molecular formula is C13H16N2O3S2. The molecule has 1 fully saturated rings. The van der Waals surface area contributed by atoms with Gasteiger partial charge >= 0.3 is 0 Å². The van der Waals surface area contributed by atoms with Crippen molar-refractivity contribution in [2.45, 2.75) is 17.4 Å². The Labute approximate surface area is 122 Å². The van der Waals surface area contributed by atoms with Crippen LogP contribution < -0.4 is 5.32 Å². The second-order valence-corrected chi connectivity index (χ2v) is 8.10. The number of sulfone groups is 1. The molecule has 2 heterocycles. The van der Waals surface area contributed by atoms with Gasteiger partial charge in [0.15, 0.2) is 21.3 Å². The van der Waals surface area contributed by atoms with Gasteiger partial charge in [0.2, 0.25) is 0 Å². The second-order valence-electron chi connectivity index (χ2n) is 4.94. The van der Waals surface area contributed by atoms with Crippen LogP contribution in [0.25, 0.3) is 11.1 Å². The zero-order chi connectivity index (χ0) is 14.2. The molecular weight excluding hydrogens is 296 g/mol. The van der Waals surface area contributed by atoms with E-state index in [0.717, 1.165) is 24.5 Å². The molecule has 1 saturated heterocycles. The number of nitrogens with zero attached hydrogens (tertiary/aromatic N) is 1. The number of hydrogen-bond acceptors (Lipinski definition) is 6. The Balaban J connectivity index is 1.86. The van der Waals surface area contributed by atoms with Gasteiger partial charge in [-0.15, -0.1) is 0 Å². The first-order valence-electron chi connectivity index (χ1n) is 6.43. The van der Waals surface area contributed by atoms with E-state index >= 15 is 0 Å². The smallest absolute Gasteiger partial charge is 0.197 e. The van der Waals surface area contributed by atoms with E-state index in [1.54, 1.807) is 18.2 Å². The van der Waals surface area contributed by atoms with Crippen molar-refractivity contribution in [3.05, 3.63) is 24.1 Å². The fraction of sp³-hybridized carbons (Fsp3) is 0.462. The maximum absolute atomic E-state index is 11.5. The molecule has 0 radical (unpaired) electrons. The summed E-state index contributed by atoms with van der Waals surface area (Å²) in [4.78, 5) is 4.67. The molecule has 0 spiro atoms. The van der Waals surface area contributed by atoms with Crippen molar-refractivity contribution in [3.8, 4) is 0 Å². The highest BCUT2D eigenvalue weighted by Crippen LogP contribution is 2.21. The Morgan fingerprint density at radius 2 is 2.35 bits per heavy atom. The molecule has 0 aliphatic carbocycles. The summed E-state index contributed by atoms with van der Waals surface area (Å²) in [5, 5.41) is 3.43. The standard InChI is InChI=1S/C13H16N2O3S2/c1-20(16,17)10-2-3-12-11(7-10)15-13(18-12)6-9-8-19-5-4-14-9/h2-3,7,9,14H,4-6,8H2,1H3. The van der Waals surface area contributed by atoms with E-state index in [1.165, 1.54) is 6.26 Å². The summed E-state index contributed by atoms with van der Waals surface area (Å²) in [5.41, 5.74) is 1.24. The largest absolute Gasteiger partial charge is 0.441 e.